The summed E-state index contributed by atoms with van der Waals surface area (Å²) < 4.78 is 1.77. The number of rotatable bonds is 8. The van der Waals surface area contributed by atoms with Crippen LogP contribution in [0.15, 0.2) is 60.0 Å². The summed E-state index contributed by atoms with van der Waals surface area (Å²) in [7, 11) is 1.62. The van der Waals surface area contributed by atoms with Gasteiger partial charge in [-0.1, -0.05) is 54.6 Å². The summed E-state index contributed by atoms with van der Waals surface area (Å²) in [5, 5.41) is 11.7. The van der Waals surface area contributed by atoms with Gasteiger partial charge in [-0.15, -0.1) is 10.2 Å². The molecule has 1 N–H and O–H groups in total. The third kappa shape index (κ3) is 5.86. The number of carbonyl (C=O) groups is 2. The van der Waals surface area contributed by atoms with Gasteiger partial charge in [0.1, 0.15) is 6.33 Å². The number of nitrogens with one attached hydrogen (secondary N) is 1. The van der Waals surface area contributed by atoms with Crippen LogP contribution >= 0.6 is 23.4 Å². The molecule has 9 heteroatoms. The van der Waals surface area contributed by atoms with Crippen LogP contribution in [0.3, 0.4) is 0 Å². The van der Waals surface area contributed by atoms with Crippen molar-refractivity contribution in [3.05, 3.63) is 65.4 Å². The minimum atomic E-state index is -0.456. The van der Waals surface area contributed by atoms with Crippen LogP contribution in [0, 0.1) is 0 Å². The van der Waals surface area contributed by atoms with Crippen LogP contribution in [0.5, 0.6) is 0 Å². The first-order chi connectivity index (χ1) is 14.9. The van der Waals surface area contributed by atoms with Crippen LogP contribution in [0.2, 0.25) is 5.02 Å². The molecule has 0 aliphatic rings. The third-order valence-electron chi connectivity index (χ3n) is 4.66. The summed E-state index contributed by atoms with van der Waals surface area (Å²) in [5.41, 5.74) is 2.63. The summed E-state index contributed by atoms with van der Waals surface area (Å²) in [6, 6.07) is 14.9. The molecule has 1 heterocycles. The van der Waals surface area contributed by atoms with Crippen molar-refractivity contribution in [2.45, 2.75) is 30.7 Å². The Hall–Kier alpha value is -2.84. The molecule has 1 aromatic heterocycles. The zero-order valence-corrected chi connectivity index (χ0v) is 19.2. The fourth-order valence-electron chi connectivity index (χ4n) is 3.06. The normalized spacial score (nSPS) is 11.7. The highest BCUT2D eigenvalue weighted by Gasteiger charge is 2.23. The zero-order valence-electron chi connectivity index (χ0n) is 17.6. The third-order valence-corrected chi connectivity index (χ3v) is 5.94. The van der Waals surface area contributed by atoms with E-state index in [4.69, 9.17) is 11.6 Å². The average Bonchev–Trinajstić information content (AvgIpc) is 3.21. The maximum atomic E-state index is 12.8. The number of amides is 2. The Bertz CT molecular complexity index is 1070. The lowest BCUT2D eigenvalue weighted by Gasteiger charge is -2.21. The molecule has 3 aromatic rings. The molecule has 0 spiro atoms. The number of para-hydroxylation sites is 1. The Balaban J connectivity index is 1.61. The molecule has 2 aromatic carbocycles. The van der Waals surface area contributed by atoms with E-state index in [0.717, 1.165) is 23.4 Å². The number of likely N-dealkylation sites (N-methyl/N-ethyl adjacent to an activating group) is 1. The van der Waals surface area contributed by atoms with Crippen molar-refractivity contribution in [1.82, 2.24) is 19.7 Å². The van der Waals surface area contributed by atoms with E-state index in [2.05, 4.69) is 15.5 Å². The topological polar surface area (TPSA) is 80.1 Å². The van der Waals surface area contributed by atoms with E-state index in [-0.39, 0.29) is 18.4 Å². The largest absolute Gasteiger partial charge is 0.335 e. The van der Waals surface area contributed by atoms with Crippen LogP contribution in [0.4, 0.5) is 5.69 Å². The van der Waals surface area contributed by atoms with Crippen molar-refractivity contribution in [2.75, 3.05) is 18.9 Å². The Morgan fingerprint density at radius 3 is 2.74 bits per heavy atom. The molecule has 0 aliphatic carbocycles. The van der Waals surface area contributed by atoms with Gasteiger partial charge < -0.3 is 10.2 Å². The molecule has 2 amide bonds. The molecule has 0 saturated heterocycles. The molecule has 7 nitrogen and oxygen atoms in total. The number of hydrogen-bond donors (Lipinski definition) is 1. The first-order valence-corrected chi connectivity index (χ1v) is 11.1. The SMILES string of the molecule is CCc1ccccc1NC(=O)CN(C)C(=O)C(C)Sc1nncn1-c1cccc(Cl)c1. The van der Waals surface area contributed by atoms with Gasteiger partial charge in [0.2, 0.25) is 11.8 Å². The highest BCUT2D eigenvalue weighted by atomic mass is 35.5. The molecule has 0 aliphatic heterocycles. The molecule has 0 saturated carbocycles. The zero-order chi connectivity index (χ0) is 22.4. The summed E-state index contributed by atoms with van der Waals surface area (Å²) in [5.74, 6) is -0.416. The van der Waals surface area contributed by atoms with Gasteiger partial charge in [0.05, 0.1) is 17.5 Å². The highest BCUT2D eigenvalue weighted by Crippen LogP contribution is 2.26. The molecule has 0 fully saturated rings. The van der Waals surface area contributed by atoms with Gasteiger partial charge in [0.25, 0.3) is 0 Å². The van der Waals surface area contributed by atoms with E-state index in [1.54, 1.807) is 37.0 Å². The Morgan fingerprint density at radius 1 is 1.23 bits per heavy atom. The quantitative estimate of drug-likeness (QED) is 0.516. The van der Waals surface area contributed by atoms with Gasteiger partial charge >= 0.3 is 0 Å². The average molecular weight is 458 g/mol. The standard InChI is InChI=1S/C22H24ClN5O2S/c1-4-16-8-5-6-11-19(16)25-20(29)13-27(3)21(30)15(2)31-22-26-24-14-28(22)18-10-7-9-17(23)12-18/h5-12,14-15H,4,13H2,1-3H3,(H,25,29). The number of halogens is 1. The molecule has 162 valence electrons. The summed E-state index contributed by atoms with van der Waals surface area (Å²) in [4.78, 5) is 26.7. The van der Waals surface area contributed by atoms with Crippen molar-refractivity contribution in [3.63, 3.8) is 0 Å². The Kier molecular flexibility index (Phi) is 7.70. The number of aryl methyl sites for hydroxylation is 1. The lowest BCUT2D eigenvalue weighted by Crippen LogP contribution is -2.39. The van der Waals surface area contributed by atoms with E-state index >= 15 is 0 Å². The number of thioether (sulfide) groups is 1. The van der Waals surface area contributed by atoms with Gasteiger partial charge in [0, 0.05) is 17.8 Å². The maximum Gasteiger partial charge on any atom is 0.243 e. The smallest absolute Gasteiger partial charge is 0.243 e. The van der Waals surface area contributed by atoms with Crippen molar-refractivity contribution < 1.29 is 9.59 Å². The van der Waals surface area contributed by atoms with E-state index in [1.807, 2.05) is 43.3 Å². The number of carbonyl (C=O) groups excluding carboxylic acids is 2. The monoisotopic (exact) mass is 457 g/mol. The highest BCUT2D eigenvalue weighted by molar-refractivity contribution is 8.00. The first kappa shape index (κ1) is 22.8. The Labute approximate surface area is 190 Å². The number of hydrogen-bond acceptors (Lipinski definition) is 5. The first-order valence-electron chi connectivity index (χ1n) is 9.84. The van der Waals surface area contributed by atoms with Crippen LogP contribution in [-0.2, 0) is 16.0 Å². The number of aromatic nitrogens is 3. The predicted molar refractivity (Wildman–Crippen MR) is 124 cm³/mol. The van der Waals surface area contributed by atoms with Crippen LogP contribution < -0.4 is 5.32 Å². The second-order valence-corrected chi connectivity index (χ2v) is 8.72. The van der Waals surface area contributed by atoms with Crippen molar-refractivity contribution in [3.8, 4) is 5.69 Å². The lowest BCUT2D eigenvalue weighted by molar-refractivity contribution is -0.132. The second kappa shape index (κ2) is 10.5. The van der Waals surface area contributed by atoms with Gasteiger partial charge in [-0.05, 0) is 43.2 Å². The van der Waals surface area contributed by atoms with Crippen molar-refractivity contribution in [2.24, 2.45) is 0 Å². The van der Waals surface area contributed by atoms with Gasteiger partial charge in [-0.25, -0.2) is 0 Å². The van der Waals surface area contributed by atoms with Crippen LogP contribution in [-0.4, -0.2) is 50.3 Å². The molecule has 0 radical (unpaired) electrons. The molecular formula is C22H24ClN5O2S. The van der Waals surface area contributed by atoms with E-state index in [9.17, 15) is 9.59 Å². The second-order valence-electron chi connectivity index (χ2n) is 6.98. The lowest BCUT2D eigenvalue weighted by atomic mass is 10.1. The van der Waals surface area contributed by atoms with E-state index < -0.39 is 5.25 Å². The summed E-state index contributed by atoms with van der Waals surface area (Å²) >= 11 is 7.35. The van der Waals surface area contributed by atoms with Gasteiger partial charge in [-0.2, -0.15) is 0 Å². The fraction of sp³-hybridized carbons (Fsp3) is 0.273. The number of benzene rings is 2. The summed E-state index contributed by atoms with van der Waals surface area (Å²) in [6.45, 7) is 3.77. The molecule has 31 heavy (non-hydrogen) atoms. The van der Waals surface area contributed by atoms with Crippen molar-refractivity contribution >= 4 is 40.9 Å². The predicted octanol–water partition coefficient (Wildman–Crippen LogP) is 4.06. The van der Waals surface area contributed by atoms with Crippen molar-refractivity contribution in [1.29, 1.82) is 0 Å². The minimum absolute atomic E-state index is 0.0389. The Morgan fingerprint density at radius 2 is 2.00 bits per heavy atom. The van der Waals surface area contributed by atoms with Crippen LogP contribution in [0.1, 0.15) is 19.4 Å². The number of anilines is 1. The molecule has 1 unspecified atom stereocenters. The molecular weight excluding hydrogens is 434 g/mol. The summed E-state index contributed by atoms with van der Waals surface area (Å²) in [6.07, 6.45) is 2.39. The fourth-order valence-corrected chi connectivity index (χ4v) is 4.20. The minimum Gasteiger partial charge on any atom is -0.335 e. The molecule has 0 bridgehead atoms. The van der Waals surface area contributed by atoms with E-state index in [0.29, 0.717) is 10.2 Å². The van der Waals surface area contributed by atoms with Crippen LogP contribution in [0.25, 0.3) is 5.69 Å². The van der Waals surface area contributed by atoms with Gasteiger partial charge in [-0.3, -0.25) is 14.2 Å². The number of nitrogens with zero attached hydrogens (tertiary/aromatic N) is 4. The maximum absolute atomic E-state index is 12.8. The van der Waals surface area contributed by atoms with E-state index in [1.165, 1.54) is 16.7 Å². The van der Waals surface area contributed by atoms with Gasteiger partial charge in [0.15, 0.2) is 5.16 Å². The molecule has 3 rings (SSSR count). The molecule has 1 atom stereocenters.